The van der Waals surface area contributed by atoms with Crippen LogP contribution in [0, 0.1) is 5.92 Å². The highest BCUT2D eigenvalue weighted by Gasteiger charge is 2.42. The summed E-state index contributed by atoms with van der Waals surface area (Å²) in [6, 6.07) is 4.51. The van der Waals surface area contributed by atoms with Gasteiger partial charge in [-0.1, -0.05) is 74.5 Å². The Labute approximate surface area is 558 Å². The predicted molar refractivity (Wildman–Crippen MR) is 356 cm³/mol. The van der Waals surface area contributed by atoms with E-state index >= 15 is 0 Å². The third kappa shape index (κ3) is 27.5. The Bertz CT molecular complexity index is 2960. The number of benzene rings is 2. The fourth-order valence-electron chi connectivity index (χ4n) is 11.0. The van der Waals surface area contributed by atoms with Crippen molar-refractivity contribution in [1.29, 1.82) is 0 Å². The summed E-state index contributed by atoms with van der Waals surface area (Å²) >= 11 is 1.45. The lowest BCUT2D eigenvalue weighted by molar-refractivity contribution is -0.144. The highest BCUT2D eigenvalue weighted by atomic mass is 32.2. The molecule has 0 unspecified atom stereocenters. The topological polar surface area (TPSA) is 519 Å². The van der Waals surface area contributed by atoms with Crippen molar-refractivity contribution < 1.29 is 62.3 Å². The summed E-state index contributed by atoms with van der Waals surface area (Å²) in [6.07, 6.45) is 3.12. The maximum atomic E-state index is 14.7. The van der Waals surface area contributed by atoms with Crippen LogP contribution in [-0.4, -0.2) is 198 Å². The number of hydrogen-bond donors (Lipinski definition) is 15. The number of nitrogens with two attached hydrogens (primary N) is 7. The van der Waals surface area contributed by atoms with Gasteiger partial charge in [0.05, 0.1) is 12.6 Å². The molecule has 13 amide bonds. The van der Waals surface area contributed by atoms with Gasteiger partial charge in [-0.15, -0.1) is 0 Å². The van der Waals surface area contributed by atoms with Gasteiger partial charge in [-0.25, -0.2) is 0 Å². The number of nitrogens with zero attached hydrogens (tertiary/aromatic N) is 3. The number of thioether (sulfide) groups is 1. The first-order chi connectivity index (χ1) is 45.2. The molecule has 2 saturated heterocycles. The molecule has 2 aliphatic rings. The van der Waals surface area contributed by atoms with Gasteiger partial charge in [0, 0.05) is 45.3 Å². The minimum Gasteiger partial charge on any atom is -0.370 e. The third-order valence-electron chi connectivity index (χ3n) is 16.0. The number of carbonyl (C=O) groups is 13. The van der Waals surface area contributed by atoms with E-state index in [1.54, 1.807) is 60.7 Å². The molecule has 0 saturated carbocycles. The molecule has 10 atom stereocenters. The second kappa shape index (κ2) is 41.0. The lowest BCUT2D eigenvalue weighted by atomic mass is 10.0. The van der Waals surface area contributed by atoms with E-state index in [1.165, 1.54) is 21.6 Å². The number of guanidine groups is 1. The van der Waals surface area contributed by atoms with Crippen LogP contribution in [0.1, 0.15) is 121 Å². The summed E-state index contributed by atoms with van der Waals surface area (Å²) < 4.78 is 0. The number of unbranched alkanes of at least 4 members (excludes halogenated alkanes) is 1. The Kier molecular flexibility index (Phi) is 33.9. The third-order valence-corrected chi connectivity index (χ3v) is 16.7. The average Bonchev–Trinajstić information content (AvgIpc) is 1.74. The molecule has 32 heteroatoms. The monoisotopic (exact) mass is 1350 g/mol. The van der Waals surface area contributed by atoms with Crippen LogP contribution in [0.4, 0.5) is 0 Å². The van der Waals surface area contributed by atoms with Gasteiger partial charge in [0.25, 0.3) is 0 Å². The summed E-state index contributed by atoms with van der Waals surface area (Å²) in [7, 11) is 0. The molecule has 0 bridgehead atoms. The molecule has 2 fully saturated rings. The molecular formula is C63H98N18O13S. The number of likely N-dealkylation sites (tertiary alicyclic amines) is 2. The SMILES string of the molecule is CSCC[C@H](NC(=O)[C@@H](CC(C)C)NC(=O)CNC(=O)[C@H](Cc1ccccc1)NC(=O)[C@@H](Cc1ccccc1)NC(=O)[C@H](CCC(N)=O)NC(=O)[C@@H](CCC(N)=O)NC(=O)[C@@H]1CCCN1C(=O)[C@H](CCCCN)NC(=O)[C@@H]1CCCN1C(=O)[C@@H](N)CCCN=C(N)N)C(N)=O. The van der Waals surface area contributed by atoms with Crippen molar-refractivity contribution in [1.82, 2.24) is 52.3 Å². The molecular weight excluding hydrogens is 1250 g/mol. The van der Waals surface area contributed by atoms with Crippen LogP contribution in [-0.2, 0) is 75.2 Å². The van der Waals surface area contributed by atoms with Crippen LogP contribution in [0.3, 0.4) is 0 Å². The molecule has 2 heterocycles. The van der Waals surface area contributed by atoms with Gasteiger partial charge in [-0.2, -0.15) is 11.8 Å². The summed E-state index contributed by atoms with van der Waals surface area (Å²) in [5.41, 5.74) is 40.6. The van der Waals surface area contributed by atoms with Gasteiger partial charge >= 0.3 is 0 Å². The van der Waals surface area contributed by atoms with E-state index in [2.05, 4.69) is 47.5 Å². The van der Waals surface area contributed by atoms with Crippen LogP contribution in [0.25, 0.3) is 0 Å². The maximum absolute atomic E-state index is 14.7. The van der Waals surface area contributed by atoms with E-state index in [-0.39, 0.29) is 83.0 Å². The molecule has 0 aromatic heterocycles. The second-order valence-electron chi connectivity index (χ2n) is 24.1. The van der Waals surface area contributed by atoms with Gasteiger partial charge in [0.1, 0.15) is 54.4 Å². The molecule has 2 aliphatic heterocycles. The Balaban J connectivity index is 1.56. The van der Waals surface area contributed by atoms with Gasteiger partial charge in [-0.05, 0) is 119 Å². The Hall–Kier alpha value is -8.91. The molecule has 31 nitrogen and oxygen atoms in total. The molecule has 524 valence electrons. The van der Waals surface area contributed by atoms with Crippen LogP contribution in [0.2, 0.25) is 0 Å². The molecule has 22 N–H and O–H groups in total. The standard InChI is InChI=1S/C63H98N18O13S/c1-37(2)33-45(57(89)74-41(53(68)85)27-32-95-3)73-52(84)36-72-54(86)46(34-38-15-6-4-7-16-38)78-58(90)47(35-39-17-8-5-9-18-39)79-56(88)42(23-25-50(66)82)75-55(87)43(24-26-51(67)83)76-59(91)49-22-14-31-81(49)62(94)44(20-10-11-28-64)77-60(92)48-21-13-30-80(48)61(93)40(65)19-12-29-71-63(69)70/h4-9,15-18,37,40-49H,10-14,19-36,64-65H2,1-3H3,(H2,66,82)(H2,67,83)(H2,68,85)(H,72,86)(H,73,84)(H,74,89)(H,75,87)(H,76,91)(H,77,92)(H,78,90)(H,79,88)(H4,69,70,71)/t40-,41-,42-,43+,44-,45+,46-,47+,48-,49-/m0/s1. The number of nitrogens with one attached hydrogen (secondary N) is 8. The zero-order chi connectivity index (χ0) is 70.1. The summed E-state index contributed by atoms with van der Waals surface area (Å²) in [5.74, 6) is -9.80. The number of rotatable bonds is 42. The molecule has 4 rings (SSSR count). The van der Waals surface area contributed by atoms with Crippen molar-refractivity contribution >= 4 is 94.5 Å². The van der Waals surface area contributed by atoms with Gasteiger partial charge in [0.15, 0.2) is 5.96 Å². The smallest absolute Gasteiger partial charge is 0.245 e. The summed E-state index contributed by atoms with van der Waals surface area (Å²) in [5, 5.41) is 21.1. The minimum atomic E-state index is -1.64. The molecule has 0 radical (unpaired) electrons. The lowest BCUT2D eigenvalue weighted by Crippen LogP contribution is -2.60. The first-order valence-corrected chi connectivity index (χ1v) is 33.6. The normalized spacial score (nSPS) is 16.8. The zero-order valence-corrected chi connectivity index (χ0v) is 55.3. The number of primary amides is 3. The van der Waals surface area contributed by atoms with Crippen molar-refractivity contribution in [2.45, 2.75) is 183 Å². The van der Waals surface area contributed by atoms with E-state index in [4.69, 9.17) is 40.1 Å². The van der Waals surface area contributed by atoms with Gasteiger partial charge in [-0.3, -0.25) is 67.3 Å². The quantitative estimate of drug-likeness (QED) is 0.0173. The zero-order valence-electron chi connectivity index (χ0n) is 54.5. The van der Waals surface area contributed by atoms with Crippen molar-refractivity contribution in [3.8, 4) is 0 Å². The van der Waals surface area contributed by atoms with Gasteiger partial charge < -0.3 is 92.5 Å². The summed E-state index contributed by atoms with van der Waals surface area (Å²) in [4.78, 5) is 185. The molecule has 95 heavy (non-hydrogen) atoms. The number of aliphatic imine (C=N–C) groups is 1. The van der Waals surface area contributed by atoms with Gasteiger partial charge in [0.2, 0.25) is 76.8 Å². The first kappa shape index (κ1) is 78.5. The van der Waals surface area contributed by atoms with Crippen molar-refractivity contribution in [3.05, 3.63) is 71.8 Å². The van der Waals surface area contributed by atoms with Crippen molar-refractivity contribution in [2.75, 3.05) is 44.7 Å². The highest BCUT2D eigenvalue weighted by molar-refractivity contribution is 7.98. The fourth-order valence-corrected chi connectivity index (χ4v) is 11.5. The van der Waals surface area contributed by atoms with Crippen molar-refractivity contribution in [2.24, 2.45) is 51.0 Å². The van der Waals surface area contributed by atoms with E-state index in [1.807, 2.05) is 20.1 Å². The van der Waals surface area contributed by atoms with Crippen LogP contribution in [0.15, 0.2) is 65.7 Å². The van der Waals surface area contributed by atoms with E-state index < -0.39 is 169 Å². The maximum Gasteiger partial charge on any atom is 0.245 e. The predicted octanol–water partition coefficient (Wildman–Crippen LogP) is -3.71. The summed E-state index contributed by atoms with van der Waals surface area (Å²) in [6.45, 7) is 3.86. The molecule has 0 spiro atoms. The molecule has 0 aliphatic carbocycles. The minimum absolute atomic E-state index is 0.0736. The largest absolute Gasteiger partial charge is 0.370 e. The second-order valence-corrected chi connectivity index (χ2v) is 25.1. The van der Waals surface area contributed by atoms with Crippen molar-refractivity contribution in [3.63, 3.8) is 0 Å². The number of hydrogen-bond acceptors (Lipinski definition) is 17. The highest BCUT2D eigenvalue weighted by Crippen LogP contribution is 2.24. The number of carbonyl (C=O) groups excluding carboxylic acids is 13. The lowest BCUT2D eigenvalue weighted by Gasteiger charge is -2.32. The molecule has 2 aromatic rings. The van der Waals surface area contributed by atoms with E-state index in [0.717, 1.165) is 0 Å². The Morgan fingerprint density at radius 2 is 1.01 bits per heavy atom. The average molecular weight is 1350 g/mol. The molecule has 2 aromatic carbocycles. The fraction of sp³-hybridized carbons (Fsp3) is 0.587. The number of amides is 13. The van der Waals surface area contributed by atoms with Crippen LogP contribution in [0.5, 0.6) is 0 Å². The van der Waals surface area contributed by atoms with Crippen LogP contribution >= 0.6 is 11.8 Å². The van der Waals surface area contributed by atoms with E-state index in [9.17, 15) is 62.3 Å². The first-order valence-electron chi connectivity index (χ1n) is 32.2. The van der Waals surface area contributed by atoms with E-state index in [0.29, 0.717) is 55.4 Å². The Morgan fingerprint density at radius 3 is 1.51 bits per heavy atom. The van der Waals surface area contributed by atoms with Crippen LogP contribution < -0.4 is 82.7 Å². The Morgan fingerprint density at radius 1 is 0.537 bits per heavy atom.